The third-order valence-corrected chi connectivity index (χ3v) is 2.86. The number of carbonyl (C=O) groups excluding carboxylic acids is 4. The Kier molecular flexibility index (Phi) is 6.92. The molecule has 0 unspecified atom stereocenters. The fourth-order valence-corrected chi connectivity index (χ4v) is 1.54. The molecule has 0 heterocycles. The number of Topliss-reactive ketones (excluding diaryl/α,β-unsaturated/α-hetero) is 2. The van der Waals surface area contributed by atoms with Gasteiger partial charge in [-0.15, -0.1) is 0 Å². The number of carbonyl (C=O) groups is 4. The second kappa shape index (κ2) is 8.67. The Morgan fingerprint density at radius 2 is 1.65 bits per heavy atom. The maximum atomic E-state index is 11.9. The molecule has 0 aliphatic heterocycles. The van der Waals surface area contributed by atoms with E-state index in [1.54, 1.807) is 21.0 Å². The topological polar surface area (TPSA) is 90.0 Å². The van der Waals surface area contributed by atoms with Crippen molar-refractivity contribution in [2.75, 3.05) is 27.3 Å². The van der Waals surface area contributed by atoms with Crippen LogP contribution in [0.15, 0.2) is 24.3 Å². The lowest BCUT2D eigenvalue weighted by Gasteiger charge is -2.11. The summed E-state index contributed by atoms with van der Waals surface area (Å²) in [5.41, 5.74) is 0.272. The Labute approximate surface area is 134 Å². The Morgan fingerprint density at radius 1 is 1.04 bits per heavy atom. The fraction of sp³-hybridized carbons (Fsp3) is 0.375. The number of esters is 1. The van der Waals surface area contributed by atoms with Crippen LogP contribution in [-0.2, 0) is 19.1 Å². The highest BCUT2D eigenvalue weighted by Crippen LogP contribution is 2.14. The van der Waals surface area contributed by atoms with Gasteiger partial charge in [0.1, 0.15) is 5.75 Å². The highest BCUT2D eigenvalue weighted by Gasteiger charge is 2.19. The van der Waals surface area contributed by atoms with E-state index in [1.165, 1.54) is 29.2 Å². The van der Waals surface area contributed by atoms with Gasteiger partial charge in [0.15, 0.2) is 12.4 Å². The molecule has 0 spiro atoms. The van der Waals surface area contributed by atoms with Crippen LogP contribution in [0.4, 0.5) is 0 Å². The lowest BCUT2D eigenvalue weighted by molar-refractivity contribution is -0.153. The van der Waals surface area contributed by atoms with E-state index in [2.05, 4.69) is 4.74 Å². The summed E-state index contributed by atoms with van der Waals surface area (Å²) in [6.07, 6.45) is -0.543. The number of ketones is 2. The summed E-state index contributed by atoms with van der Waals surface area (Å²) < 4.78 is 9.81. The van der Waals surface area contributed by atoms with Crippen LogP contribution < -0.4 is 4.74 Å². The Bertz CT molecular complexity index is 591. The summed E-state index contributed by atoms with van der Waals surface area (Å²) in [6, 6.07) is 5.97. The van der Waals surface area contributed by atoms with Crippen molar-refractivity contribution in [2.24, 2.45) is 0 Å². The molecule has 0 aliphatic rings. The quantitative estimate of drug-likeness (QED) is 0.305. The van der Waals surface area contributed by atoms with Crippen molar-refractivity contribution in [1.82, 2.24) is 4.90 Å². The number of nitrogens with zero attached hydrogens (tertiary/aromatic N) is 1. The van der Waals surface area contributed by atoms with Crippen molar-refractivity contribution >= 4 is 23.4 Å². The summed E-state index contributed by atoms with van der Waals surface area (Å²) in [5, 5.41) is 0. The molecular formula is C16H19NO6. The van der Waals surface area contributed by atoms with Gasteiger partial charge in [0.05, 0.1) is 13.0 Å². The molecule has 1 amide bonds. The van der Waals surface area contributed by atoms with Crippen LogP contribution in [0.25, 0.3) is 0 Å². The van der Waals surface area contributed by atoms with Crippen LogP contribution >= 0.6 is 0 Å². The van der Waals surface area contributed by atoms with E-state index in [1.807, 2.05) is 0 Å². The van der Waals surface area contributed by atoms with Crippen molar-refractivity contribution in [3.05, 3.63) is 29.8 Å². The van der Waals surface area contributed by atoms with Crippen LogP contribution in [0.1, 0.15) is 23.7 Å². The average Bonchev–Trinajstić information content (AvgIpc) is 2.52. The van der Waals surface area contributed by atoms with E-state index in [0.29, 0.717) is 5.75 Å². The Balaban J connectivity index is 2.59. The first kappa shape index (κ1) is 18.3. The number of amides is 1. The molecular weight excluding hydrogens is 302 g/mol. The van der Waals surface area contributed by atoms with Gasteiger partial charge in [-0.25, -0.2) is 4.79 Å². The summed E-state index contributed by atoms with van der Waals surface area (Å²) in [4.78, 5) is 47.3. The SMILES string of the molecule is CCOC(=O)C(=O)CC(=O)c1ccc(OCC(=O)N(C)C)cc1. The van der Waals surface area contributed by atoms with Crippen molar-refractivity contribution < 1.29 is 28.7 Å². The van der Waals surface area contributed by atoms with Gasteiger partial charge in [-0.05, 0) is 31.2 Å². The van der Waals surface area contributed by atoms with Crippen molar-refractivity contribution in [2.45, 2.75) is 13.3 Å². The molecule has 23 heavy (non-hydrogen) atoms. The third kappa shape index (κ3) is 5.90. The van der Waals surface area contributed by atoms with Gasteiger partial charge in [0.25, 0.3) is 5.91 Å². The number of hydrogen-bond acceptors (Lipinski definition) is 6. The van der Waals surface area contributed by atoms with Crippen LogP contribution in [-0.4, -0.2) is 55.7 Å². The number of likely N-dealkylation sites (N-methyl/N-ethyl adjacent to an activating group) is 1. The molecule has 7 nitrogen and oxygen atoms in total. The number of hydrogen-bond donors (Lipinski definition) is 0. The van der Waals surface area contributed by atoms with Crippen molar-refractivity contribution in [3.63, 3.8) is 0 Å². The largest absolute Gasteiger partial charge is 0.484 e. The molecule has 0 bridgehead atoms. The van der Waals surface area contributed by atoms with Gasteiger partial charge < -0.3 is 14.4 Å². The average molecular weight is 321 g/mol. The van der Waals surface area contributed by atoms with Crippen LogP contribution in [0.2, 0.25) is 0 Å². The zero-order valence-corrected chi connectivity index (χ0v) is 13.3. The monoisotopic (exact) mass is 321 g/mol. The standard InChI is InChI=1S/C16H19NO6/c1-4-22-16(21)14(19)9-13(18)11-5-7-12(8-6-11)23-10-15(20)17(2)3/h5-8H,4,9-10H2,1-3H3. The highest BCUT2D eigenvalue weighted by atomic mass is 16.5. The van der Waals surface area contributed by atoms with E-state index in [4.69, 9.17) is 4.74 Å². The van der Waals surface area contributed by atoms with Crippen molar-refractivity contribution in [1.29, 1.82) is 0 Å². The predicted octanol–water partition coefficient (Wildman–Crippen LogP) is 0.859. The van der Waals surface area contributed by atoms with E-state index in [9.17, 15) is 19.2 Å². The second-order valence-corrected chi connectivity index (χ2v) is 4.84. The minimum Gasteiger partial charge on any atom is -0.484 e. The molecule has 0 N–H and O–H groups in total. The maximum absolute atomic E-state index is 11.9. The Morgan fingerprint density at radius 3 is 2.17 bits per heavy atom. The number of ether oxygens (including phenoxy) is 2. The lowest BCUT2D eigenvalue weighted by Crippen LogP contribution is -2.27. The lowest BCUT2D eigenvalue weighted by atomic mass is 10.1. The second-order valence-electron chi connectivity index (χ2n) is 4.84. The fourth-order valence-electron chi connectivity index (χ4n) is 1.54. The zero-order valence-electron chi connectivity index (χ0n) is 13.3. The van der Waals surface area contributed by atoms with Crippen LogP contribution in [0, 0.1) is 0 Å². The smallest absolute Gasteiger partial charge is 0.375 e. The molecule has 1 rings (SSSR count). The number of benzene rings is 1. The van der Waals surface area contributed by atoms with E-state index < -0.39 is 24.0 Å². The van der Waals surface area contributed by atoms with E-state index in [0.717, 1.165) is 0 Å². The molecule has 7 heteroatoms. The van der Waals surface area contributed by atoms with Crippen LogP contribution in [0.3, 0.4) is 0 Å². The van der Waals surface area contributed by atoms with Crippen molar-refractivity contribution in [3.8, 4) is 5.75 Å². The van der Waals surface area contributed by atoms with Gasteiger partial charge >= 0.3 is 5.97 Å². The molecule has 0 radical (unpaired) electrons. The van der Waals surface area contributed by atoms with Crippen LogP contribution in [0.5, 0.6) is 5.75 Å². The van der Waals surface area contributed by atoms with E-state index >= 15 is 0 Å². The van der Waals surface area contributed by atoms with Gasteiger partial charge in [-0.2, -0.15) is 0 Å². The summed E-state index contributed by atoms with van der Waals surface area (Å²) in [6.45, 7) is 1.55. The Hall–Kier alpha value is -2.70. The minimum absolute atomic E-state index is 0.0798. The van der Waals surface area contributed by atoms with Gasteiger partial charge in [0, 0.05) is 19.7 Å². The minimum atomic E-state index is -1.01. The maximum Gasteiger partial charge on any atom is 0.375 e. The normalized spacial score (nSPS) is 9.87. The molecule has 0 saturated carbocycles. The first-order valence-corrected chi connectivity index (χ1v) is 7.01. The van der Waals surface area contributed by atoms with E-state index in [-0.39, 0.29) is 24.7 Å². The highest BCUT2D eigenvalue weighted by molar-refractivity contribution is 6.38. The summed E-state index contributed by atoms with van der Waals surface area (Å²) in [5.74, 6) is -2.14. The number of rotatable bonds is 8. The molecule has 0 saturated heterocycles. The first-order valence-electron chi connectivity index (χ1n) is 7.01. The molecule has 124 valence electrons. The van der Waals surface area contributed by atoms with Gasteiger partial charge in [-0.1, -0.05) is 0 Å². The molecule has 0 fully saturated rings. The summed E-state index contributed by atoms with van der Waals surface area (Å²) in [7, 11) is 3.24. The molecule has 1 aromatic rings. The molecule has 1 aromatic carbocycles. The molecule has 0 aromatic heterocycles. The van der Waals surface area contributed by atoms with Gasteiger partial charge in [0.2, 0.25) is 5.78 Å². The third-order valence-electron chi connectivity index (χ3n) is 2.86. The van der Waals surface area contributed by atoms with Gasteiger partial charge in [-0.3, -0.25) is 14.4 Å². The first-order chi connectivity index (χ1) is 10.8. The zero-order chi connectivity index (χ0) is 17.4. The molecule has 0 atom stereocenters. The summed E-state index contributed by atoms with van der Waals surface area (Å²) >= 11 is 0. The predicted molar refractivity (Wildman–Crippen MR) is 81.2 cm³/mol. The molecule has 0 aliphatic carbocycles.